The minimum atomic E-state index is -3.74. The van der Waals surface area contributed by atoms with Crippen molar-refractivity contribution in [2.45, 2.75) is 16.7 Å². The second kappa shape index (κ2) is 9.40. The number of ether oxygens (including phenoxy) is 2. The Kier molecular flexibility index (Phi) is 7.09. The smallest absolute Gasteiger partial charge is 0.244 e. The van der Waals surface area contributed by atoms with E-state index < -0.39 is 20.0 Å². The molecule has 9 nitrogen and oxygen atoms in total. The average Bonchev–Trinajstić information content (AvgIpc) is 2.75. The summed E-state index contributed by atoms with van der Waals surface area (Å²) >= 11 is 0. The summed E-state index contributed by atoms with van der Waals surface area (Å²) in [5.74, 6) is 0.596. The summed E-state index contributed by atoms with van der Waals surface area (Å²) in [6, 6.07) is 7.73. The zero-order chi connectivity index (χ0) is 21.8. The molecule has 30 heavy (non-hydrogen) atoms. The summed E-state index contributed by atoms with van der Waals surface area (Å²) in [5, 5.41) is 0. The van der Waals surface area contributed by atoms with Crippen molar-refractivity contribution < 1.29 is 26.3 Å². The zero-order valence-corrected chi connectivity index (χ0v) is 18.5. The van der Waals surface area contributed by atoms with E-state index in [-0.39, 0.29) is 36.0 Å². The highest BCUT2D eigenvalue weighted by Gasteiger charge is 2.34. The van der Waals surface area contributed by atoms with Crippen LogP contribution >= 0.6 is 0 Å². The van der Waals surface area contributed by atoms with E-state index in [1.54, 1.807) is 32.2 Å². The van der Waals surface area contributed by atoms with Crippen molar-refractivity contribution in [2.75, 3.05) is 46.5 Å². The van der Waals surface area contributed by atoms with Gasteiger partial charge in [0.1, 0.15) is 17.3 Å². The monoisotopic (exact) mass is 455 g/mol. The van der Waals surface area contributed by atoms with Crippen molar-refractivity contribution in [1.82, 2.24) is 13.6 Å². The molecule has 0 saturated carbocycles. The Morgan fingerprint density at radius 1 is 0.933 bits per heavy atom. The Morgan fingerprint density at radius 2 is 1.57 bits per heavy atom. The number of pyridine rings is 1. The predicted octanol–water partition coefficient (Wildman–Crippen LogP) is 1.11. The Morgan fingerprint density at radius 3 is 2.10 bits per heavy atom. The first kappa shape index (κ1) is 22.6. The molecule has 1 fully saturated rings. The molecule has 164 valence electrons. The van der Waals surface area contributed by atoms with Gasteiger partial charge in [-0.25, -0.2) is 16.8 Å². The van der Waals surface area contributed by atoms with Crippen molar-refractivity contribution >= 4 is 20.0 Å². The number of aryl methyl sites for hydroxylation is 1. The van der Waals surface area contributed by atoms with E-state index in [0.717, 1.165) is 0 Å². The van der Waals surface area contributed by atoms with E-state index >= 15 is 0 Å². The molecule has 1 aromatic heterocycles. The molecule has 11 heteroatoms. The molecular formula is C19H25N3O6S2. The number of piperazine rings is 1. The van der Waals surface area contributed by atoms with Gasteiger partial charge in [0.25, 0.3) is 0 Å². The second-order valence-electron chi connectivity index (χ2n) is 6.77. The van der Waals surface area contributed by atoms with Gasteiger partial charge in [-0.3, -0.25) is 4.98 Å². The fourth-order valence-electron chi connectivity index (χ4n) is 3.13. The van der Waals surface area contributed by atoms with Crippen LogP contribution in [0.5, 0.6) is 5.75 Å². The molecule has 0 atom stereocenters. The Balaban J connectivity index is 1.69. The Hall–Kier alpha value is -2.05. The third kappa shape index (κ3) is 4.81. The van der Waals surface area contributed by atoms with E-state index in [9.17, 15) is 16.8 Å². The van der Waals surface area contributed by atoms with E-state index in [0.29, 0.717) is 24.5 Å². The maximum Gasteiger partial charge on any atom is 0.244 e. The van der Waals surface area contributed by atoms with Gasteiger partial charge in [0.15, 0.2) is 0 Å². The summed E-state index contributed by atoms with van der Waals surface area (Å²) < 4.78 is 64.6. The Labute approximate surface area is 177 Å². The van der Waals surface area contributed by atoms with Crippen LogP contribution in [0.3, 0.4) is 0 Å². The van der Waals surface area contributed by atoms with Gasteiger partial charge in [0.2, 0.25) is 20.0 Å². The van der Waals surface area contributed by atoms with E-state index in [1.807, 2.05) is 0 Å². The molecule has 0 aliphatic carbocycles. The largest absolute Gasteiger partial charge is 0.491 e. The third-order valence-electron chi connectivity index (χ3n) is 4.80. The summed E-state index contributed by atoms with van der Waals surface area (Å²) in [4.78, 5) is 4.10. The van der Waals surface area contributed by atoms with Gasteiger partial charge in [-0.15, -0.1) is 0 Å². The van der Waals surface area contributed by atoms with Gasteiger partial charge >= 0.3 is 0 Å². The second-order valence-corrected chi connectivity index (χ2v) is 10.6. The van der Waals surface area contributed by atoms with Crippen molar-refractivity contribution in [3.63, 3.8) is 0 Å². The van der Waals surface area contributed by atoms with E-state index in [4.69, 9.17) is 9.47 Å². The highest BCUT2D eigenvalue weighted by molar-refractivity contribution is 7.89. The van der Waals surface area contributed by atoms with Gasteiger partial charge in [-0.05, 0) is 42.8 Å². The number of methoxy groups -OCH3 is 1. The molecule has 0 bridgehead atoms. The molecule has 0 radical (unpaired) electrons. The number of sulfonamides is 2. The lowest BCUT2D eigenvalue weighted by atomic mass is 10.2. The van der Waals surface area contributed by atoms with Crippen molar-refractivity contribution in [1.29, 1.82) is 0 Å². The quantitative estimate of drug-likeness (QED) is 0.549. The van der Waals surface area contributed by atoms with Crippen LogP contribution in [0.1, 0.15) is 5.56 Å². The molecule has 1 aliphatic heterocycles. The maximum absolute atomic E-state index is 13.0. The molecule has 2 heterocycles. The maximum atomic E-state index is 13.0. The summed E-state index contributed by atoms with van der Waals surface area (Å²) in [7, 11) is -5.86. The van der Waals surface area contributed by atoms with Crippen molar-refractivity contribution in [3.8, 4) is 5.75 Å². The predicted molar refractivity (Wildman–Crippen MR) is 110 cm³/mol. The van der Waals surface area contributed by atoms with Gasteiger partial charge in [-0.1, -0.05) is 0 Å². The van der Waals surface area contributed by atoms with Crippen LogP contribution in [-0.4, -0.2) is 76.9 Å². The van der Waals surface area contributed by atoms with Gasteiger partial charge in [0, 0.05) is 45.7 Å². The number of hydrogen-bond donors (Lipinski definition) is 0. The first-order valence-corrected chi connectivity index (χ1v) is 12.3. The van der Waals surface area contributed by atoms with Gasteiger partial charge in [0.05, 0.1) is 11.5 Å². The summed E-state index contributed by atoms with van der Waals surface area (Å²) in [6.07, 6.45) is 2.79. The first-order chi connectivity index (χ1) is 14.3. The molecular weight excluding hydrogens is 430 g/mol. The lowest BCUT2D eigenvalue weighted by Gasteiger charge is -2.33. The molecule has 0 unspecified atom stereocenters. The number of benzene rings is 1. The van der Waals surface area contributed by atoms with Crippen LogP contribution in [0.15, 0.2) is 52.5 Å². The fraction of sp³-hybridized carbons (Fsp3) is 0.421. The van der Waals surface area contributed by atoms with Crippen LogP contribution in [-0.2, 0) is 24.8 Å². The van der Waals surface area contributed by atoms with Crippen LogP contribution in [0.4, 0.5) is 0 Å². The molecule has 1 aliphatic rings. The van der Waals surface area contributed by atoms with Crippen LogP contribution in [0, 0.1) is 6.92 Å². The number of hydrogen-bond acceptors (Lipinski definition) is 7. The van der Waals surface area contributed by atoms with Crippen molar-refractivity contribution in [2.24, 2.45) is 0 Å². The summed E-state index contributed by atoms with van der Waals surface area (Å²) in [5.41, 5.74) is 0.699. The topological polar surface area (TPSA) is 106 Å². The lowest BCUT2D eigenvalue weighted by molar-refractivity contribution is 0.146. The molecule has 0 spiro atoms. The highest BCUT2D eigenvalue weighted by Crippen LogP contribution is 2.25. The lowest BCUT2D eigenvalue weighted by Crippen LogP contribution is -2.50. The number of rotatable bonds is 8. The number of aromatic nitrogens is 1. The normalized spacial score (nSPS) is 16.5. The molecule has 1 saturated heterocycles. The highest BCUT2D eigenvalue weighted by atomic mass is 32.2. The average molecular weight is 456 g/mol. The van der Waals surface area contributed by atoms with E-state index in [2.05, 4.69) is 4.98 Å². The first-order valence-electron chi connectivity index (χ1n) is 9.39. The minimum Gasteiger partial charge on any atom is -0.491 e. The molecule has 1 aromatic carbocycles. The number of nitrogens with zero attached hydrogens (tertiary/aromatic N) is 3. The molecule has 3 rings (SSSR count). The third-order valence-corrected chi connectivity index (χ3v) is 8.58. The van der Waals surface area contributed by atoms with Gasteiger partial charge in [-0.2, -0.15) is 8.61 Å². The van der Waals surface area contributed by atoms with Crippen LogP contribution in [0.2, 0.25) is 0 Å². The van der Waals surface area contributed by atoms with Crippen LogP contribution < -0.4 is 4.74 Å². The minimum absolute atomic E-state index is 0.0764. The fourth-order valence-corrected chi connectivity index (χ4v) is 6.02. The molecule has 2 aromatic rings. The van der Waals surface area contributed by atoms with Crippen LogP contribution in [0.25, 0.3) is 0 Å². The SMILES string of the molecule is COCCOc1ccc(S(=O)(=O)N2CCN(S(=O)(=O)c3cccnc3)CC2)cc1C. The molecule has 0 amide bonds. The Bertz CT molecular complexity index is 1070. The van der Waals surface area contributed by atoms with Gasteiger partial charge < -0.3 is 9.47 Å². The summed E-state index contributed by atoms with van der Waals surface area (Å²) in [6.45, 7) is 2.89. The van der Waals surface area contributed by atoms with Crippen molar-refractivity contribution in [3.05, 3.63) is 48.3 Å². The molecule has 0 N–H and O–H groups in total. The van der Waals surface area contributed by atoms with E-state index in [1.165, 1.54) is 33.1 Å². The standard InChI is InChI=1S/C19H25N3O6S2/c1-16-14-17(5-6-19(16)28-13-12-27-2)29(23,24)21-8-10-22(11-9-21)30(25,26)18-4-3-7-20-15-18/h3-7,14-15H,8-13H2,1-2H3. The zero-order valence-electron chi connectivity index (χ0n) is 16.9.